The molecule has 1 aromatic heterocycles. The molecular weight excluding hydrogens is 388 g/mol. The maximum absolute atomic E-state index is 12.5. The third kappa shape index (κ3) is 4.44. The van der Waals surface area contributed by atoms with Gasteiger partial charge < -0.3 is 10.3 Å². The van der Waals surface area contributed by atoms with Gasteiger partial charge in [0.05, 0.1) is 17.3 Å². The minimum absolute atomic E-state index is 0.334. The van der Waals surface area contributed by atoms with E-state index in [9.17, 15) is 13.2 Å². The number of H-pyrrole nitrogens is 1. The van der Waals surface area contributed by atoms with Crippen molar-refractivity contribution in [3.63, 3.8) is 0 Å². The normalized spacial score (nSPS) is 11.3. The molecule has 0 spiro atoms. The monoisotopic (exact) mass is 406 g/mol. The highest BCUT2D eigenvalue weighted by Crippen LogP contribution is 2.22. The first-order chi connectivity index (χ1) is 13.9. The number of sulfonamides is 1. The molecule has 0 unspecified atom stereocenters. The SMILES string of the molecule is CS(=O)(=O)Nc1cccc(C(=O)Nc2ccc(-c3nc4ccccc4[nH]3)cc2)c1. The van der Waals surface area contributed by atoms with E-state index >= 15 is 0 Å². The lowest BCUT2D eigenvalue weighted by molar-refractivity contribution is 0.102. The standard InChI is InChI=1S/C21H18N4O3S/c1-29(27,28)25-17-6-4-5-15(13-17)21(26)22-16-11-9-14(10-12-16)20-23-18-7-2-3-8-19(18)24-20/h2-13,25H,1H3,(H,22,26)(H,23,24). The molecule has 0 saturated heterocycles. The molecule has 1 heterocycles. The Labute approximate surface area is 167 Å². The van der Waals surface area contributed by atoms with Gasteiger partial charge in [0.25, 0.3) is 5.91 Å². The number of para-hydroxylation sites is 2. The zero-order chi connectivity index (χ0) is 20.4. The van der Waals surface area contributed by atoms with Crippen LogP contribution in [0, 0.1) is 0 Å². The van der Waals surface area contributed by atoms with Gasteiger partial charge in [0.2, 0.25) is 10.0 Å². The Morgan fingerprint density at radius 3 is 2.41 bits per heavy atom. The molecule has 29 heavy (non-hydrogen) atoms. The molecule has 0 fully saturated rings. The Hall–Kier alpha value is -3.65. The van der Waals surface area contributed by atoms with Gasteiger partial charge in [0, 0.05) is 22.5 Å². The maximum Gasteiger partial charge on any atom is 0.255 e. The van der Waals surface area contributed by atoms with Gasteiger partial charge in [-0.15, -0.1) is 0 Å². The molecule has 0 aliphatic carbocycles. The second kappa shape index (κ2) is 7.40. The van der Waals surface area contributed by atoms with Crippen molar-refractivity contribution in [2.75, 3.05) is 16.3 Å². The van der Waals surface area contributed by atoms with Crippen molar-refractivity contribution in [3.05, 3.63) is 78.4 Å². The highest BCUT2D eigenvalue weighted by molar-refractivity contribution is 7.92. The summed E-state index contributed by atoms with van der Waals surface area (Å²) in [5, 5.41) is 2.81. The Bertz CT molecular complexity index is 1260. The number of nitrogens with zero attached hydrogens (tertiary/aromatic N) is 1. The van der Waals surface area contributed by atoms with Crippen LogP contribution in [0.25, 0.3) is 22.4 Å². The summed E-state index contributed by atoms with van der Waals surface area (Å²) in [6.07, 6.45) is 1.06. The number of imidazole rings is 1. The lowest BCUT2D eigenvalue weighted by Crippen LogP contribution is -2.13. The summed E-state index contributed by atoms with van der Waals surface area (Å²) in [5.41, 5.74) is 4.06. The predicted molar refractivity (Wildman–Crippen MR) is 114 cm³/mol. The summed E-state index contributed by atoms with van der Waals surface area (Å²) >= 11 is 0. The number of amides is 1. The van der Waals surface area contributed by atoms with Gasteiger partial charge >= 0.3 is 0 Å². The molecule has 3 aromatic carbocycles. The Kier molecular flexibility index (Phi) is 4.77. The number of aromatic amines is 1. The lowest BCUT2D eigenvalue weighted by atomic mass is 10.1. The lowest BCUT2D eigenvalue weighted by Gasteiger charge is -2.08. The van der Waals surface area contributed by atoms with Crippen molar-refractivity contribution in [3.8, 4) is 11.4 Å². The number of hydrogen-bond donors (Lipinski definition) is 3. The molecule has 1 amide bonds. The molecule has 7 nitrogen and oxygen atoms in total. The van der Waals surface area contributed by atoms with Crippen molar-refractivity contribution in [2.45, 2.75) is 0 Å². The fourth-order valence-corrected chi connectivity index (χ4v) is 3.50. The van der Waals surface area contributed by atoms with Crippen molar-refractivity contribution in [2.24, 2.45) is 0 Å². The van der Waals surface area contributed by atoms with E-state index < -0.39 is 10.0 Å². The van der Waals surface area contributed by atoms with Crippen molar-refractivity contribution < 1.29 is 13.2 Å². The van der Waals surface area contributed by atoms with Crippen LogP contribution in [-0.2, 0) is 10.0 Å². The van der Waals surface area contributed by atoms with Gasteiger partial charge in [-0.3, -0.25) is 9.52 Å². The van der Waals surface area contributed by atoms with Crippen LogP contribution in [0.5, 0.6) is 0 Å². The molecular formula is C21H18N4O3S. The van der Waals surface area contributed by atoms with E-state index in [2.05, 4.69) is 20.0 Å². The third-order valence-electron chi connectivity index (χ3n) is 4.23. The second-order valence-electron chi connectivity index (χ2n) is 6.59. The largest absolute Gasteiger partial charge is 0.338 e. The van der Waals surface area contributed by atoms with Crippen LogP contribution in [0.2, 0.25) is 0 Å². The zero-order valence-electron chi connectivity index (χ0n) is 15.5. The minimum Gasteiger partial charge on any atom is -0.338 e. The highest BCUT2D eigenvalue weighted by atomic mass is 32.2. The number of anilines is 2. The maximum atomic E-state index is 12.5. The molecule has 0 radical (unpaired) electrons. The summed E-state index contributed by atoms with van der Waals surface area (Å²) < 4.78 is 25.1. The number of hydrogen-bond acceptors (Lipinski definition) is 4. The Balaban J connectivity index is 1.50. The van der Waals surface area contributed by atoms with Crippen molar-refractivity contribution >= 4 is 38.3 Å². The van der Waals surface area contributed by atoms with E-state index in [0.717, 1.165) is 28.7 Å². The molecule has 4 aromatic rings. The molecule has 146 valence electrons. The first-order valence-corrected chi connectivity index (χ1v) is 10.7. The summed E-state index contributed by atoms with van der Waals surface area (Å²) in [5.74, 6) is 0.419. The van der Waals surface area contributed by atoms with Crippen LogP contribution in [0.1, 0.15) is 10.4 Å². The fourth-order valence-electron chi connectivity index (χ4n) is 2.94. The highest BCUT2D eigenvalue weighted by Gasteiger charge is 2.10. The van der Waals surface area contributed by atoms with Gasteiger partial charge in [0.1, 0.15) is 5.82 Å². The molecule has 0 atom stereocenters. The van der Waals surface area contributed by atoms with Gasteiger partial charge in [-0.05, 0) is 54.6 Å². The second-order valence-corrected chi connectivity index (χ2v) is 8.34. The average Bonchev–Trinajstić information content (AvgIpc) is 3.11. The van der Waals surface area contributed by atoms with E-state index in [1.54, 1.807) is 30.3 Å². The van der Waals surface area contributed by atoms with Crippen LogP contribution >= 0.6 is 0 Å². The van der Waals surface area contributed by atoms with Crippen LogP contribution in [-0.4, -0.2) is 30.5 Å². The van der Waals surface area contributed by atoms with Gasteiger partial charge in [-0.1, -0.05) is 18.2 Å². The molecule has 4 rings (SSSR count). The van der Waals surface area contributed by atoms with E-state index in [0.29, 0.717) is 16.9 Å². The van der Waals surface area contributed by atoms with Crippen LogP contribution in [0.4, 0.5) is 11.4 Å². The number of aromatic nitrogens is 2. The molecule has 3 N–H and O–H groups in total. The van der Waals surface area contributed by atoms with Crippen LogP contribution < -0.4 is 10.0 Å². The summed E-state index contributed by atoms with van der Waals surface area (Å²) in [7, 11) is -3.41. The van der Waals surface area contributed by atoms with Crippen LogP contribution in [0.15, 0.2) is 72.8 Å². The first kappa shape index (κ1) is 18.7. The van der Waals surface area contributed by atoms with Gasteiger partial charge in [0.15, 0.2) is 0 Å². The van der Waals surface area contributed by atoms with E-state index in [-0.39, 0.29) is 5.91 Å². The summed E-state index contributed by atoms with van der Waals surface area (Å²) in [6, 6.07) is 21.4. The predicted octanol–water partition coefficient (Wildman–Crippen LogP) is 3.85. The molecule has 0 saturated carbocycles. The zero-order valence-corrected chi connectivity index (χ0v) is 16.3. The number of benzene rings is 3. The van der Waals surface area contributed by atoms with Crippen LogP contribution in [0.3, 0.4) is 0 Å². The van der Waals surface area contributed by atoms with Crippen molar-refractivity contribution in [1.29, 1.82) is 0 Å². The number of nitrogens with one attached hydrogen (secondary N) is 3. The Morgan fingerprint density at radius 2 is 1.69 bits per heavy atom. The van der Waals surface area contributed by atoms with E-state index in [4.69, 9.17) is 0 Å². The Morgan fingerprint density at radius 1 is 0.931 bits per heavy atom. The number of carbonyl (C=O) groups is 1. The fraction of sp³-hybridized carbons (Fsp3) is 0.0476. The smallest absolute Gasteiger partial charge is 0.255 e. The minimum atomic E-state index is -3.41. The molecule has 0 aliphatic heterocycles. The summed E-state index contributed by atoms with van der Waals surface area (Å²) in [6.45, 7) is 0. The third-order valence-corrected chi connectivity index (χ3v) is 4.84. The van der Waals surface area contributed by atoms with E-state index in [1.165, 1.54) is 6.07 Å². The van der Waals surface area contributed by atoms with Gasteiger partial charge in [-0.2, -0.15) is 0 Å². The number of fused-ring (bicyclic) bond motifs is 1. The first-order valence-electron chi connectivity index (χ1n) is 8.82. The van der Waals surface area contributed by atoms with E-state index in [1.807, 2.05) is 36.4 Å². The molecule has 0 aliphatic rings. The topological polar surface area (TPSA) is 104 Å². The number of carbonyl (C=O) groups excluding carboxylic acids is 1. The molecule has 0 bridgehead atoms. The van der Waals surface area contributed by atoms with Gasteiger partial charge in [-0.25, -0.2) is 13.4 Å². The van der Waals surface area contributed by atoms with Crippen molar-refractivity contribution in [1.82, 2.24) is 9.97 Å². The average molecular weight is 406 g/mol. The quantitative estimate of drug-likeness (QED) is 0.468. The molecule has 8 heteroatoms. The number of rotatable bonds is 5. The summed E-state index contributed by atoms with van der Waals surface area (Å²) in [4.78, 5) is 20.3.